The van der Waals surface area contributed by atoms with E-state index in [1.165, 1.54) is 27.7 Å². The molecule has 0 aliphatic heterocycles. The molecule has 108 valence electrons. The number of aliphatic hydroxyl groups is 1. The fourth-order valence-electron chi connectivity index (χ4n) is 1.08. The van der Waals surface area contributed by atoms with E-state index in [4.69, 9.17) is 5.11 Å². The van der Waals surface area contributed by atoms with E-state index in [1.54, 1.807) is 0 Å². The second kappa shape index (κ2) is 4.82. The first-order valence-corrected chi connectivity index (χ1v) is 7.68. The molecule has 9 heteroatoms. The lowest BCUT2D eigenvalue weighted by atomic mass is 9.87. The van der Waals surface area contributed by atoms with Crippen LogP contribution >= 0.6 is 11.3 Å². The third kappa shape index (κ3) is 3.30. The van der Waals surface area contributed by atoms with E-state index in [0.29, 0.717) is 11.3 Å². The van der Waals surface area contributed by atoms with Gasteiger partial charge in [0.15, 0.2) is 9.90 Å². The Labute approximate surface area is 115 Å². The minimum absolute atomic E-state index is 0.377. The molecule has 0 aromatic carbocycles. The highest BCUT2D eigenvalue weighted by atomic mass is 32.2. The number of carboxylic acid groups (broad SMARTS) is 1. The van der Waals surface area contributed by atoms with Crippen molar-refractivity contribution in [3.63, 3.8) is 0 Å². The maximum atomic E-state index is 12.2. The number of nitrogens with zero attached hydrogens (tertiary/aromatic N) is 1. The Balaban J connectivity index is 3.20. The Bertz CT molecular complexity index is 583. The fraction of sp³-hybridized carbons (Fsp3) is 0.600. The number of sulfonamides is 1. The quantitative estimate of drug-likeness (QED) is 0.736. The zero-order chi connectivity index (χ0) is 15.1. The van der Waals surface area contributed by atoms with Gasteiger partial charge in [-0.2, -0.15) is 0 Å². The maximum Gasteiger partial charge on any atom is 0.356 e. The van der Waals surface area contributed by atoms with Crippen molar-refractivity contribution >= 4 is 27.3 Å². The van der Waals surface area contributed by atoms with Crippen LogP contribution in [-0.2, 0) is 10.0 Å². The zero-order valence-electron chi connectivity index (χ0n) is 11.0. The topological polar surface area (TPSA) is 117 Å². The standard InChI is InChI=1S/C10H16N2O5S2/c1-9(2,10(3,4)15)12-19(16,17)8-6(7(13)14)11-5-18-8/h5,12,15H,1-4H3,(H,13,14). The summed E-state index contributed by atoms with van der Waals surface area (Å²) in [7, 11) is -4.07. The summed E-state index contributed by atoms with van der Waals surface area (Å²) in [5.74, 6) is -1.41. The first kappa shape index (κ1) is 16.0. The van der Waals surface area contributed by atoms with Gasteiger partial charge in [-0.25, -0.2) is 22.9 Å². The normalized spacial score (nSPS) is 13.5. The van der Waals surface area contributed by atoms with Gasteiger partial charge in [0.05, 0.1) is 16.7 Å². The van der Waals surface area contributed by atoms with Crippen LogP contribution in [0.5, 0.6) is 0 Å². The van der Waals surface area contributed by atoms with Gasteiger partial charge in [-0.3, -0.25) is 0 Å². The second-order valence-electron chi connectivity index (χ2n) is 5.08. The average Bonchev–Trinajstić information content (AvgIpc) is 2.62. The number of nitrogens with one attached hydrogen (secondary N) is 1. The molecule has 0 saturated carbocycles. The fourth-order valence-corrected chi connectivity index (χ4v) is 3.75. The van der Waals surface area contributed by atoms with Crippen LogP contribution in [0.1, 0.15) is 38.2 Å². The Morgan fingerprint density at radius 2 is 1.89 bits per heavy atom. The number of thiazole rings is 1. The van der Waals surface area contributed by atoms with Gasteiger partial charge >= 0.3 is 5.97 Å². The second-order valence-corrected chi connectivity index (χ2v) is 7.82. The number of aromatic carboxylic acids is 1. The van der Waals surface area contributed by atoms with E-state index in [9.17, 15) is 18.3 Å². The number of carbonyl (C=O) groups is 1. The van der Waals surface area contributed by atoms with Crippen LogP contribution in [0.25, 0.3) is 0 Å². The molecule has 0 aliphatic carbocycles. The molecule has 0 aliphatic rings. The molecule has 0 fully saturated rings. The van der Waals surface area contributed by atoms with Gasteiger partial charge in [0.25, 0.3) is 10.0 Å². The highest BCUT2D eigenvalue weighted by molar-refractivity contribution is 7.91. The monoisotopic (exact) mass is 308 g/mol. The van der Waals surface area contributed by atoms with Crippen LogP contribution in [0, 0.1) is 0 Å². The van der Waals surface area contributed by atoms with Crippen molar-refractivity contribution in [2.75, 3.05) is 0 Å². The molecule has 0 radical (unpaired) electrons. The molecule has 1 heterocycles. The number of rotatable bonds is 5. The van der Waals surface area contributed by atoms with Crippen molar-refractivity contribution in [1.29, 1.82) is 0 Å². The van der Waals surface area contributed by atoms with Crippen LogP contribution in [0.15, 0.2) is 9.72 Å². The SMILES string of the molecule is CC(C)(O)C(C)(C)NS(=O)(=O)c1scnc1C(=O)O. The van der Waals surface area contributed by atoms with E-state index in [2.05, 4.69) is 9.71 Å². The van der Waals surface area contributed by atoms with Crippen molar-refractivity contribution in [1.82, 2.24) is 9.71 Å². The first-order chi connectivity index (χ1) is 8.38. The van der Waals surface area contributed by atoms with Crippen LogP contribution in [-0.4, -0.2) is 40.7 Å². The number of carboxylic acids is 1. The van der Waals surface area contributed by atoms with Crippen LogP contribution < -0.4 is 4.72 Å². The van der Waals surface area contributed by atoms with Crippen molar-refractivity contribution in [3.8, 4) is 0 Å². The van der Waals surface area contributed by atoms with Gasteiger partial charge in [-0.05, 0) is 27.7 Å². The minimum atomic E-state index is -4.07. The Morgan fingerprint density at radius 1 is 1.37 bits per heavy atom. The van der Waals surface area contributed by atoms with Gasteiger partial charge in [0.1, 0.15) is 0 Å². The Morgan fingerprint density at radius 3 is 2.32 bits per heavy atom. The van der Waals surface area contributed by atoms with E-state index >= 15 is 0 Å². The number of hydrogen-bond donors (Lipinski definition) is 3. The van der Waals surface area contributed by atoms with Gasteiger partial charge in [-0.1, -0.05) is 0 Å². The van der Waals surface area contributed by atoms with Gasteiger partial charge < -0.3 is 10.2 Å². The molecule has 3 N–H and O–H groups in total. The summed E-state index contributed by atoms with van der Waals surface area (Å²) in [5.41, 5.74) is -1.88. The summed E-state index contributed by atoms with van der Waals surface area (Å²) in [6.45, 7) is 5.93. The number of hydrogen-bond acceptors (Lipinski definition) is 6. The Hall–Kier alpha value is -1.03. The summed E-state index contributed by atoms with van der Waals surface area (Å²) >= 11 is 0.712. The third-order valence-corrected chi connectivity index (χ3v) is 5.93. The molecule has 0 atom stereocenters. The van der Waals surface area contributed by atoms with Gasteiger partial charge in [-0.15, -0.1) is 11.3 Å². The summed E-state index contributed by atoms with van der Waals surface area (Å²) in [5, 5.41) is 18.8. The lowest BCUT2D eigenvalue weighted by molar-refractivity contribution is 0.00640. The molecular weight excluding hydrogens is 292 g/mol. The summed E-state index contributed by atoms with van der Waals surface area (Å²) in [4.78, 5) is 14.4. The summed E-state index contributed by atoms with van der Waals surface area (Å²) in [6.07, 6.45) is 0. The highest BCUT2D eigenvalue weighted by Crippen LogP contribution is 2.26. The van der Waals surface area contributed by atoms with Crippen LogP contribution in [0.2, 0.25) is 0 Å². The zero-order valence-corrected chi connectivity index (χ0v) is 12.6. The van der Waals surface area contributed by atoms with Gasteiger partial charge in [0.2, 0.25) is 0 Å². The van der Waals surface area contributed by atoms with Crippen molar-refractivity contribution in [2.45, 2.75) is 43.0 Å². The van der Waals surface area contributed by atoms with Crippen LogP contribution in [0.3, 0.4) is 0 Å². The summed E-state index contributed by atoms with van der Waals surface area (Å²) < 4.78 is 26.3. The molecule has 19 heavy (non-hydrogen) atoms. The lowest BCUT2D eigenvalue weighted by Gasteiger charge is -2.37. The summed E-state index contributed by atoms with van der Waals surface area (Å²) in [6, 6.07) is 0. The van der Waals surface area contributed by atoms with E-state index in [1.807, 2.05) is 0 Å². The molecule has 1 rings (SSSR count). The molecule has 0 saturated heterocycles. The van der Waals surface area contributed by atoms with Crippen molar-refractivity contribution < 1.29 is 23.4 Å². The molecule has 0 spiro atoms. The minimum Gasteiger partial charge on any atom is -0.476 e. The molecule has 7 nitrogen and oxygen atoms in total. The molecule has 0 bridgehead atoms. The maximum absolute atomic E-state index is 12.2. The highest BCUT2D eigenvalue weighted by Gasteiger charge is 2.40. The average molecular weight is 308 g/mol. The number of aromatic nitrogens is 1. The van der Waals surface area contributed by atoms with E-state index < -0.39 is 32.8 Å². The molecule has 1 aromatic rings. The van der Waals surface area contributed by atoms with E-state index in [0.717, 1.165) is 5.51 Å². The molecule has 0 unspecified atom stereocenters. The molecular formula is C10H16N2O5S2. The molecule has 1 aromatic heterocycles. The van der Waals surface area contributed by atoms with Crippen LogP contribution in [0.4, 0.5) is 0 Å². The van der Waals surface area contributed by atoms with E-state index in [-0.39, 0.29) is 4.21 Å². The van der Waals surface area contributed by atoms with Crippen molar-refractivity contribution in [3.05, 3.63) is 11.2 Å². The molecule has 0 amide bonds. The van der Waals surface area contributed by atoms with Gasteiger partial charge in [0, 0.05) is 0 Å². The van der Waals surface area contributed by atoms with Crippen molar-refractivity contribution in [2.24, 2.45) is 0 Å². The third-order valence-electron chi connectivity index (χ3n) is 2.90. The first-order valence-electron chi connectivity index (χ1n) is 5.31. The predicted molar refractivity (Wildman–Crippen MR) is 69.8 cm³/mol. The lowest BCUT2D eigenvalue weighted by Crippen LogP contribution is -2.57. The Kier molecular flexibility index (Phi) is 4.06. The predicted octanol–water partition coefficient (Wildman–Crippen LogP) is 0.669. The smallest absolute Gasteiger partial charge is 0.356 e. The largest absolute Gasteiger partial charge is 0.476 e.